The number of carbonyl (C=O) groups excluding carboxylic acids is 2. The van der Waals surface area contributed by atoms with E-state index >= 15 is 0 Å². The van der Waals surface area contributed by atoms with Crippen LogP contribution < -0.4 is 5.32 Å². The van der Waals surface area contributed by atoms with Crippen LogP contribution in [0.2, 0.25) is 0 Å². The fourth-order valence-electron chi connectivity index (χ4n) is 10.9. The van der Waals surface area contributed by atoms with Crippen LogP contribution in [0.5, 0.6) is 0 Å². The van der Waals surface area contributed by atoms with Crippen molar-refractivity contribution < 1.29 is 29.6 Å². The fraction of sp³-hybridized carbons (Fsp3) is 0.805. The number of ether oxygens (including phenoxy) is 1. The van der Waals surface area contributed by atoms with Gasteiger partial charge in [0, 0.05) is 42.9 Å². The minimum absolute atomic E-state index is 0.0174. The Bertz CT molecular complexity index is 1320. The van der Waals surface area contributed by atoms with Crippen LogP contribution in [0.3, 0.4) is 0 Å². The lowest BCUT2D eigenvalue weighted by Crippen LogP contribution is -2.68. The van der Waals surface area contributed by atoms with Gasteiger partial charge in [0.2, 0.25) is 5.91 Å². The number of ketones is 1. The number of carbonyl (C=O) groups is 2. The molecular weight excluding hydrogens is 667 g/mol. The Morgan fingerprint density at radius 2 is 1.76 bits per heavy atom. The van der Waals surface area contributed by atoms with E-state index in [9.17, 15) is 24.9 Å². The quantitative estimate of drug-likeness (QED) is 0.114. The van der Waals surface area contributed by atoms with Crippen molar-refractivity contribution in [2.24, 2.45) is 45.8 Å². The monoisotopic (exact) mass is 731 g/mol. The molecule has 0 aliphatic heterocycles. The molecule has 4 aliphatic rings. The topological polar surface area (TPSA) is 116 Å². The third kappa shape index (κ3) is 8.65. The predicted molar refractivity (Wildman–Crippen MR) is 204 cm³/mol. The highest BCUT2D eigenvalue weighted by Crippen LogP contribution is 2.69. The maximum absolute atomic E-state index is 12.5. The van der Waals surface area contributed by atoms with Crippen LogP contribution in [0.1, 0.15) is 118 Å². The van der Waals surface area contributed by atoms with Gasteiger partial charge in [-0.3, -0.25) is 4.79 Å². The van der Waals surface area contributed by atoms with Gasteiger partial charge in [0.1, 0.15) is 5.78 Å². The van der Waals surface area contributed by atoms with E-state index < -0.39 is 23.2 Å². The molecule has 4 saturated carbocycles. The van der Waals surface area contributed by atoms with Gasteiger partial charge in [-0.05, 0) is 115 Å². The zero-order chi connectivity index (χ0) is 36.5. The SMILES string of the molecule is CC(=O)CC[C@H](C)[C@H]1CC[C@@H]2[C@@H]3[C@@H](C[C@@H](O)[C@]21C)[C@]1(C)CC[C@H](OCCNC(=O)CCSSc2ccc(CC(C)(C)C)cc2)C[C@]1(O)C[C@@H]3O. The Labute approximate surface area is 309 Å². The molecule has 4 aliphatic carbocycles. The second kappa shape index (κ2) is 16.1. The Morgan fingerprint density at radius 3 is 2.44 bits per heavy atom. The van der Waals surface area contributed by atoms with Crippen LogP contribution in [0.25, 0.3) is 0 Å². The highest BCUT2D eigenvalue weighted by Gasteiger charge is 2.69. The molecule has 0 aromatic heterocycles. The van der Waals surface area contributed by atoms with E-state index in [1.54, 1.807) is 28.5 Å². The van der Waals surface area contributed by atoms with Crippen LogP contribution >= 0.6 is 21.6 Å². The molecule has 0 heterocycles. The molecule has 1 amide bonds. The number of benzene rings is 1. The molecule has 282 valence electrons. The molecule has 50 heavy (non-hydrogen) atoms. The number of Topliss-reactive ketones (excluding diaryl/α,β-unsaturated/α-hetero) is 1. The Balaban J connectivity index is 1.06. The number of fused-ring (bicyclic) bond motifs is 5. The summed E-state index contributed by atoms with van der Waals surface area (Å²) >= 11 is 0. The average molecular weight is 732 g/mol. The smallest absolute Gasteiger partial charge is 0.220 e. The summed E-state index contributed by atoms with van der Waals surface area (Å²) in [6.07, 6.45) is 6.69. The van der Waals surface area contributed by atoms with Gasteiger partial charge in [-0.1, -0.05) is 75.3 Å². The lowest BCUT2D eigenvalue weighted by Gasteiger charge is -2.66. The van der Waals surface area contributed by atoms with E-state index in [1.165, 1.54) is 10.5 Å². The lowest BCUT2D eigenvalue weighted by atomic mass is 9.41. The first kappa shape index (κ1) is 40.1. The van der Waals surface area contributed by atoms with Crippen molar-refractivity contribution in [2.75, 3.05) is 18.9 Å². The van der Waals surface area contributed by atoms with Crippen molar-refractivity contribution >= 4 is 33.3 Å². The standard InChI is InChI=1S/C41H65NO6S2/c1-26(8-9-27(2)43)31-14-15-32-37-33(22-35(45)40(31,32)7)39(6)18-16-29(24-41(39,47)25-34(37)44)48-20-19-42-36(46)17-21-49-50-30-12-10-28(11-13-30)23-38(3,4)5/h10-13,26,29,31-35,37,44-45,47H,8-9,14-25H2,1-7H3,(H,42,46)/t26-,29-,31+,32+,33+,34-,35+,37+,39-,40-,41-/m0/s1. The van der Waals surface area contributed by atoms with E-state index in [4.69, 9.17) is 4.74 Å². The Hall–Kier alpha value is -1.10. The first-order chi connectivity index (χ1) is 23.5. The van der Waals surface area contributed by atoms with Gasteiger partial charge in [0.15, 0.2) is 0 Å². The van der Waals surface area contributed by atoms with Crippen molar-refractivity contribution in [1.29, 1.82) is 0 Å². The summed E-state index contributed by atoms with van der Waals surface area (Å²) in [7, 11) is 3.40. The summed E-state index contributed by atoms with van der Waals surface area (Å²) in [5.74, 6) is 1.94. The molecule has 0 radical (unpaired) electrons. The molecule has 9 heteroatoms. The maximum atomic E-state index is 12.5. The van der Waals surface area contributed by atoms with Crippen molar-refractivity contribution in [3.8, 4) is 0 Å². The normalized spacial score (nSPS) is 37.4. The summed E-state index contributed by atoms with van der Waals surface area (Å²) in [6.45, 7) is 15.9. The molecular formula is C41H65NO6S2. The van der Waals surface area contributed by atoms with Crippen LogP contribution in [0, 0.1) is 45.8 Å². The average Bonchev–Trinajstić information content (AvgIpc) is 3.39. The van der Waals surface area contributed by atoms with Crippen LogP contribution in [0.15, 0.2) is 29.2 Å². The molecule has 4 N–H and O–H groups in total. The first-order valence-electron chi connectivity index (χ1n) is 19.3. The summed E-state index contributed by atoms with van der Waals surface area (Å²) in [5, 5.41) is 38.9. The largest absolute Gasteiger partial charge is 0.393 e. The van der Waals surface area contributed by atoms with E-state index in [0.29, 0.717) is 57.1 Å². The van der Waals surface area contributed by atoms with Crippen LogP contribution in [-0.4, -0.2) is 69.8 Å². The van der Waals surface area contributed by atoms with Crippen molar-refractivity contribution in [3.63, 3.8) is 0 Å². The Kier molecular flexibility index (Phi) is 12.9. The van der Waals surface area contributed by atoms with Crippen molar-refractivity contribution in [1.82, 2.24) is 5.32 Å². The van der Waals surface area contributed by atoms with Crippen LogP contribution in [0.4, 0.5) is 0 Å². The summed E-state index contributed by atoms with van der Waals surface area (Å²) in [6, 6.07) is 8.71. The molecule has 1 aromatic rings. The second-order valence-electron chi connectivity index (χ2n) is 18.2. The molecule has 0 saturated heterocycles. The highest BCUT2D eigenvalue weighted by molar-refractivity contribution is 8.76. The molecule has 0 spiro atoms. The van der Waals surface area contributed by atoms with Gasteiger partial charge < -0.3 is 30.2 Å². The van der Waals surface area contributed by atoms with Gasteiger partial charge in [-0.2, -0.15) is 0 Å². The fourth-order valence-corrected chi connectivity index (χ4v) is 12.9. The van der Waals surface area contributed by atoms with E-state index in [0.717, 1.165) is 44.3 Å². The number of nitrogens with one attached hydrogen (secondary N) is 1. The van der Waals surface area contributed by atoms with Gasteiger partial charge in [0.05, 0.1) is 30.5 Å². The van der Waals surface area contributed by atoms with Crippen molar-refractivity contribution in [2.45, 2.75) is 148 Å². The number of hydrogen-bond acceptors (Lipinski definition) is 8. The van der Waals surface area contributed by atoms with E-state index in [1.807, 2.05) is 0 Å². The van der Waals surface area contributed by atoms with Gasteiger partial charge in [0.25, 0.3) is 0 Å². The molecule has 4 fully saturated rings. The molecule has 11 atom stereocenters. The summed E-state index contributed by atoms with van der Waals surface area (Å²) < 4.78 is 6.23. The first-order valence-corrected chi connectivity index (χ1v) is 21.6. The third-order valence-corrected chi connectivity index (χ3v) is 16.0. The number of aliphatic hydroxyl groups excluding tert-OH is 2. The highest BCUT2D eigenvalue weighted by atomic mass is 33.1. The molecule has 7 nitrogen and oxygen atoms in total. The predicted octanol–water partition coefficient (Wildman–Crippen LogP) is 7.63. The van der Waals surface area contributed by atoms with Gasteiger partial charge in [-0.15, -0.1) is 0 Å². The molecule has 1 aromatic carbocycles. The number of rotatable bonds is 14. The Morgan fingerprint density at radius 1 is 1.04 bits per heavy atom. The molecule has 5 rings (SSSR count). The minimum Gasteiger partial charge on any atom is -0.393 e. The van der Waals surface area contributed by atoms with Crippen molar-refractivity contribution in [3.05, 3.63) is 29.8 Å². The number of amides is 1. The number of hydrogen-bond donors (Lipinski definition) is 4. The van der Waals surface area contributed by atoms with Crippen LogP contribution in [-0.2, 0) is 20.7 Å². The number of aliphatic hydroxyl groups is 3. The lowest BCUT2D eigenvalue weighted by molar-refractivity contribution is -0.266. The van der Waals surface area contributed by atoms with Gasteiger partial charge in [-0.25, -0.2) is 0 Å². The zero-order valence-electron chi connectivity index (χ0n) is 31.7. The van der Waals surface area contributed by atoms with Gasteiger partial charge >= 0.3 is 0 Å². The minimum atomic E-state index is -1.07. The maximum Gasteiger partial charge on any atom is 0.220 e. The third-order valence-electron chi connectivity index (χ3n) is 13.6. The second-order valence-corrected chi connectivity index (χ2v) is 20.6. The summed E-state index contributed by atoms with van der Waals surface area (Å²) in [5.41, 5.74) is -0.147. The van der Waals surface area contributed by atoms with E-state index in [2.05, 4.69) is 71.1 Å². The summed E-state index contributed by atoms with van der Waals surface area (Å²) in [4.78, 5) is 25.4. The van der Waals surface area contributed by atoms with E-state index in [-0.39, 0.29) is 46.4 Å². The zero-order valence-corrected chi connectivity index (χ0v) is 33.3. The molecule has 0 bridgehead atoms. The molecule has 0 unspecified atom stereocenters.